The molecule has 0 aromatic heterocycles. The molecule has 0 spiro atoms. The van der Waals surface area contributed by atoms with Crippen LogP contribution in [0.2, 0.25) is 0 Å². The van der Waals surface area contributed by atoms with Gasteiger partial charge in [0, 0.05) is 23.0 Å². The highest BCUT2D eigenvalue weighted by atomic mass is 32.2. The van der Waals surface area contributed by atoms with E-state index in [9.17, 15) is 14.4 Å². The number of ether oxygens (including phenoxy) is 1. The highest BCUT2D eigenvalue weighted by molar-refractivity contribution is 7.95. The van der Waals surface area contributed by atoms with E-state index in [4.69, 9.17) is 9.29 Å². The molecule has 0 radical (unpaired) electrons. The lowest BCUT2D eigenvalue weighted by Gasteiger charge is -1.99. The van der Waals surface area contributed by atoms with Crippen molar-refractivity contribution in [3.8, 4) is 0 Å². The molecule has 0 unspecified atom stereocenters. The zero-order chi connectivity index (χ0) is 18.3. The quantitative estimate of drug-likeness (QED) is 0.313. The molecule has 0 aromatic rings. The minimum absolute atomic E-state index is 0.185. The molecule has 6 nitrogen and oxygen atoms in total. The van der Waals surface area contributed by atoms with Crippen molar-refractivity contribution in [2.45, 2.75) is 33.6 Å². The van der Waals surface area contributed by atoms with Crippen molar-refractivity contribution in [2.75, 3.05) is 12.9 Å². The first kappa shape index (κ1) is 23.2. The molecule has 1 N–H and O–H groups in total. The van der Waals surface area contributed by atoms with Crippen LogP contribution in [0.1, 0.15) is 33.6 Å². The van der Waals surface area contributed by atoms with Gasteiger partial charge in [0.25, 0.3) is 0 Å². The summed E-state index contributed by atoms with van der Waals surface area (Å²) in [4.78, 5) is 31.7. The second kappa shape index (κ2) is 14.9. The van der Waals surface area contributed by atoms with Crippen molar-refractivity contribution in [1.82, 2.24) is 0 Å². The molecule has 0 fully saturated rings. The third kappa shape index (κ3) is 14.7. The number of carbonyl (C=O) groups excluding carboxylic acids is 2. The Labute approximate surface area is 141 Å². The normalized spacial score (nSPS) is 10.5. The first-order chi connectivity index (χ1) is 10.8. The fraction of sp³-hybridized carbons (Fsp3) is 0.438. The molecular weight excluding hydrogens is 320 g/mol. The maximum atomic E-state index is 10.8. The van der Waals surface area contributed by atoms with Crippen molar-refractivity contribution in [2.24, 2.45) is 0 Å². The van der Waals surface area contributed by atoms with E-state index in [2.05, 4.69) is 11.3 Å². The summed E-state index contributed by atoms with van der Waals surface area (Å²) in [6.07, 6.45) is 5.71. The Bertz CT molecular complexity index is 465. The zero-order valence-corrected chi connectivity index (χ0v) is 14.8. The molecule has 0 saturated heterocycles. The van der Waals surface area contributed by atoms with Gasteiger partial charge in [-0.1, -0.05) is 25.7 Å². The number of hydrogen-bond donors (Lipinski definition) is 1. The van der Waals surface area contributed by atoms with Crippen LogP contribution >= 0.6 is 12.0 Å². The number of carboxylic acid groups (broad SMARTS) is 1. The van der Waals surface area contributed by atoms with Gasteiger partial charge in [0.05, 0.1) is 19.2 Å². The van der Waals surface area contributed by atoms with Gasteiger partial charge in [0.15, 0.2) is 0 Å². The molecule has 0 rings (SSSR count). The van der Waals surface area contributed by atoms with Crippen LogP contribution in [-0.4, -0.2) is 35.9 Å². The Morgan fingerprint density at radius 2 is 1.91 bits per heavy atom. The molecule has 0 aliphatic heterocycles. The predicted molar refractivity (Wildman–Crippen MR) is 90.8 cm³/mol. The summed E-state index contributed by atoms with van der Waals surface area (Å²) in [6, 6.07) is 0. The Kier molecular flexibility index (Phi) is 15.1. The number of aliphatic carboxylic acids is 1. The average molecular weight is 344 g/mol. The van der Waals surface area contributed by atoms with Crippen LogP contribution in [0.3, 0.4) is 0 Å². The van der Waals surface area contributed by atoms with E-state index in [0.717, 1.165) is 12.2 Å². The fourth-order valence-corrected chi connectivity index (χ4v) is 1.36. The van der Waals surface area contributed by atoms with E-state index in [1.165, 1.54) is 38.2 Å². The highest BCUT2D eigenvalue weighted by Gasteiger charge is 2.05. The molecule has 0 bridgehead atoms. The van der Waals surface area contributed by atoms with Gasteiger partial charge in [0.1, 0.15) is 0 Å². The van der Waals surface area contributed by atoms with E-state index >= 15 is 0 Å². The number of carboxylic acids is 1. The summed E-state index contributed by atoms with van der Waals surface area (Å²) in [5.74, 6) is -0.934. The van der Waals surface area contributed by atoms with Crippen molar-refractivity contribution >= 4 is 30.0 Å². The van der Waals surface area contributed by atoms with Crippen LogP contribution < -0.4 is 0 Å². The zero-order valence-electron chi connectivity index (χ0n) is 14.0. The molecule has 0 aromatic carbocycles. The van der Waals surface area contributed by atoms with E-state index in [-0.39, 0.29) is 23.5 Å². The number of esters is 1. The Hall–Kier alpha value is -2.02. The summed E-state index contributed by atoms with van der Waals surface area (Å²) >= 11 is 1.20. The van der Waals surface area contributed by atoms with Crippen molar-refractivity contribution < 1.29 is 28.4 Å². The Morgan fingerprint density at radius 1 is 1.30 bits per heavy atom. The van der Waals surface area contributed by atoms with E-state index in [1.54, 1.807) is 13.0 Å². The SMILES string of the molecule is C=C(CC=C(C)C(=O)O)C(=O)OC.CC=CC(=O)OSCCC. The molecule has 0 aliphatic rings. The lowest BCUT2D eigenvalue weighted by molar-refractivity contribution is -0.136. The van der Waals surface area contributed by atoms with Crippen LogP contribution in [-0.2, 0) is 23.3 Å². The Balaban J connectivity index is 0. The van der Waals surface area contributed by atoms with Gasteiger partial charge in [0.2, 0.25) is 0 Å². The Morgan fingerprint density at radius 3 is 2.35 bits per heavy atom. The summed E-state index contributed by atoms with van der Waals surface area (Å²) in [7, 11) is 1.25. The van der Waals surface area contributed by atoms with Crippen LogP contribution in [0.25, 0.3) is 0 Å². The molecule has 0 amide bonds. The first-order valence-electron chi connectivity index (χ1n) is 6.92. The van der Waals surface area contributed by atoms with Crippen molar-refractivity contribution in [3.63, 3.8) is 0 Å². The van der Waals surface area contributed by atoms with Gasteiger partial charge in [-0.05, 0) is 26.7 Å². The summed E-state index contributed by atoms with van der Waals surface area (Å²) < 4.78 is 9.10. The third-order valence-electron chi connectivity index (χ3n) is 2.20. The van der Waals surface area contributed by atoms with Crippen molar-refractivity contribution in [3.05, 3.63) is 36.0 Å². The van der Waals surface area contributed by atoms with Crippen molar-refractivity contribution in [1.29, 1.82) is 0 Å². The highest BCUT2D eigenvalue weighted by Crippen LogP contribution is 2.05. The minimum Gasteiger partial charge on any atom is -0.478 e. The fourth-order valence-electron chi connectivity index (χ4n) is 0.938. The maximum absolute atomic E-state index is 10.8. The lowest BCUT2D eigenvalue weighted by Crippen LogP contribution is -2.03. The second-order valence-electron chi connectivity index (χ2n) is 4.22. The van der Waals surface area contributed by atoms with Gasteiger partial charge in [-0.15, -0.1) is 0 Å². The lowest BCUT2D eigenvalue weighted by atomic mass is 10.1. The molecule has 0 atom stereocenters. The molecule has 7 heteroatoms. The van der Waals surface area contributed by atoms with Gasteiger partial charge < -0.3 is 14.0 Å². The van der Waals surface area contributed by atoms with Gasteiger partial charge in [-0.2, -0.15) is 0 Å². The number of allylic oxidation sites excluding steroid dienone is 2. The largest absolute Gasteiger partial charge is 0.478 e. The average Bonchev–Trinajstić information content (AvgIpc) is 2.52. The standard InChI is InChI=1S/C9H12O4.C7H12O2S/c1-6(8(10)11)4-5-7(2)9(12)13-3;1-3-5-7(8)9-10-6-4-2/h4H,2,5H2,1,3H3,(H,10,11);3,5H,4,6H2,1-2H3. The molecule has 130 valence electrons. The van der Waals surface area contributed by atoms with Gasteiger partial charge in [-0.3, -0.25) is 0 Å². The minimum atomic E-state index is -1.00. The van der Waals surface area contributed by atoms with E-state index in [1.807, 2.05) is 6.92 Å². The monoisotopic (exact) mass is 344 g/mol. The maximum Gasteiger partial charge on any atom is 0.342 e. The van der Waals surface area contributed by atoms with Crippen LogP contribution in [0.5, 0.6) is 0 Å². The number of methoxy groups -OCH3 is 1. The van der Waals surface area contributed by atoms with E-state index in [0.29, 0.717) is 0 Å². The summed E-state index contributed by atoms with van der Waals surface area (Å²) in [5, 5.41) is 8.48. The van der Waals surface area contributed by atoms with Crippen LogP contribution in [0.4, 0.5) is 0 Å². The van der Waals surface area contributed by atoms with Gasteiger partial charge >= 0.3 is 17.9 Å². The van der Waals surface area contributed by atoms with Crippen LogP contribution in [0, 0.1) is 0 Å². The summed E-state index contributed by atoms with van der Waals surface area (Å²) in [5.41, 5.74) is 0.424. The summed E-state index contributed by atoms with van der Waals surface area (Å²) in [6.45, 7) is 8.72. The van der Waals surface area contributed by atoms with E-state index < -0.39 is 11.9 Å². The molecule has 0 aliphatic carbocycles. The smallest absolute Gasteiger partial charge is 0.342 e. The van der Waals surface area contributed by atoms with Gasteiger partial charge in [-0.25, -0.2) is 14.4 Å². The number of rotatable bonds is 8. The third-order valence-corrected chi connectivity index (χ3v) is 3.05. The first-order valence-corrected chi connectivity index (χ1v) is 7.83. The number of carbonyl (C=O) groups is 3. The molecule has 0 saturated carbocycles. The molecule has 23 heavy (non-hydrogen) atoms. The second-order valence-corrected chi connectivity index (χ2v) is 5.03. The number of hydrogen-bond acceptors (Lipinski definition) is 6. The molecule has 0 heterocycles. The topological polar surface area (TPSA) is 89.9 Å². The predicted octanol–water partition coefficient (Wildman–Crippen LogP) is 3.30. The van der Waals surface area contributed by atoms with Crippen LogP contribution in [0.15, 0.2) is 36.0 Å². The molecular formula is C16H24O6S.